The molecule has 0 aliphatic carbocycles. The van der Waals surface area contributed by atoms with E-state index in [2.05, 4.69) is 4.98 Å². The van der Waals surface area contributed by atoms with Crippen LogP contribution in [-0.4, -0.2) is 22.6 Å². The lowest BCUT2D eigenvalue weighted by atomic mass is 10.2. The first-order valence-corrected chi connectivity index (χ1v) is 6.32. The number of nitrogens with zero attached hydrogens (tertiary/aromatic N) is 2. The first-order chi connectivity index (χ1) is 9.52. The number of aromatic carboxylic acids is 1. The molecule has 0 unspecified atom stereocenters. The number of pyridine rings is 1. The molecule has 1 aromatic carbocycles. The largest absolute Gasteiger partial charge is 0.478 e. The lowest BCUT2D eigenvalue weighted by Gasteiger charge is -2.23. The van der Waals surface area contributed by atoms with E-state index in [0.29, 0.717) is 12.4 Å². The smallest absolute Gasteiger partial charge is 0.337 e. The maximum absolute atomic E-state index is 13.0. The Hall–Kier alpha value is -2.14. The molecule has 6 heteroatoms. The third-order valence-electron chi connectivity index (χ3n) is 2.78. The summed E-state index contributed by atoms with van der Waals surface area (Å²) in [6, 6.07) is 7.26. The second kappa shape index (κ2) is 5.88. The standard InChI is InChI=1S/C14H12ClFN2O2/c1-2-18(11-5-3-10(16)4-6-11)13-12(15)7-9(8-17-13)14(19)20/h3-8H,2H2,1H3,(H,19,20). The first kappa shape index (κ1) is 14.3. The van der Waals surface area contributed by atoms with Gasteiger partial charge < -0.3 is 10.0 Å². The van der Waals surface area contributed by atoms with Crippen LogP contribution >= 0.6 is 11.6 Å². The lowest BCUT2D eigenvalue weighted by Crippen LogP contribution is -2.18. The summed E-state index contributed by atoms with van der Waals surface area (Å²) in [5.74, 6) is -0.980. The Kier molecular flexibility index (Phi) is 4.20. The zero-order valence-corrected chi connectivity index (χ0v) is 11.4. The summed E-state index contributed by atoms with van der Waals surface area (Å²) in [6.45, 7) is 2.46. The molecule has 20 heavy (non-hydrogen) atoms. The van der Waals surface area contributed by atoms with Crippen molar-refractivity contribution in [2.24, 2.45) is 0 Å². The van der Waals surface area contributed by atoms with Crippen LogP contribution in [0.4, 0.5) is 15.9 Å². The van der Waals surface area contributed by atoms with Gasteiger partial charge in [0.25, 0.3) is 0 Å². The molecule has 0 bridgehead atoms. The fraction of sp³-hybridized carbons (Fsp3) is 0.143. The molecule has 4 nitrogen and oxygen atoms in total. The van der Waals surface area contributed by atoms with Gasteiger partial charge in [0.1, 0.15) is 5.82 Å². The SMILES string of the molecule is CCN(c1ccc(F)cc1)c1ncc(C(=O)O)cc1Cl. The summed E-state index contributed by atoms with van der Waals surface area (Å²) in [4.78, 5) is 16.7. The van der Waals surface area contributed by atoms with E-state index < -0.39 is 5.97 Å². The Morgan fingerprint density at radius 1 is 1.40 bits per heavy atom. The van der Waals surface area contributed by atoms with E-state index in [-0.39, 0.29) is 16.4 Å². The van der Waals surface area contributed by atoms with Crippen LogP contribution in [0.1, 0.15) is 17.3 Å². The molecule has 2 aromatic rings. The van der Waals surface area contributed by atoms with Gasteiger partial charge in [0.05, 0.1) is 10.6 Å². The Balaban J connectivity index is 2.41. The zero-order chi connectivity index (χ0) is 14.7. The molecule has 1 N–H and O–H groups in total. The predicted molar refractivity (Wildman–Crippen MR) is 75.3 cm³/mol. The first-order valence-electron chi connectivity index (χ1n) is 5.95. The van der Waals surface area contributed by atoms with Crippen LogP contribution in [0.15, 0.2) is 36.5 Å². The van der Waals surface area contributed by atoms with Crippen molar-refractivity contribution in [2.45, 2.75) is 6.92 Å². The van der Waals surface area contributed by atoms with Crippen LogP contribution in [0.2, 0.25) is 5.02 Å². The molecule has 1 aromatic heterocycles. The molecule has 0 amide bonds. The fourth-order valence-corrected chi connectivity index (χ4v) is 2.09. The number of anilines is 2. The van der Waals surface area contributed by atoms with Gasteiger partial charge in [-0.15, -0.1) is 0 Å². The van der Waals surface area contributed by atoms with Gasteiger partial charge in [-0.25, -0.2) is 14.2 Å². The number of carboxylic acids is 1. The maximum atomic E-state index is 13.0. The molecule has 0 spiro atoms. The summed E-state index contributed by atoms with van der Waals surface area (Å²) in [7, 11) is 0. The predicted octanol–water partition coefficient (Wildman–Crippen LogP) is 3.73. The van der Waals surface area contributed by atoms with Crippen molar-refractivity contribution in [1.29, 1.82) is 0 Å². The third-order valence-corrected chi connectivity index (χ3v) is 3.06. The number of rotatable bonds is 4. The maximum Gasteiger partial charge on any atom is 0.337 e. The highest BCUT2D eigenvalue weighted by molar-refractivity contribution is 6.33. The molecule has 0 radical (unpaired) electrons. The zero-order valence-electron chi connectivity index (χ0n) is 10.7. The third kappa shape index (κ3) is 2.88. The van der Waals surface area contributed by atoms with Gasteiger partial charge >= 0.3 is 5.97 Å². The average Bonchev–Trinajstić information content (AvgIpc) is 2.43. The number of carboxylic acid groups (broad SMARTS) is 1. The van der Waals surface area contributed by atoms with E-state index >= 15 is 0 Å². The lowest BCUT2D eigenvalue weighted by molar-refractivity contribution is 0.0696. The molecule has 0 aliphatic heterocycles. The minimum absolute atomic E-state index is 0.0221. The van der Waals surface area contributed by atoms with Crippen molar-refractivity contribution >= 4 is 29.1 Å². The molecule has 1 heterocycles. The second-order valence-corrected chi connectivity index (χ2v) is 4.46. The Bertz CT molecular complexity index is 632. The highest BCUT2D eigenvalue weighted by Gasteiger charge is 2.15. The Morgan fingerprint density at radius 2 is 2.05 bits per heavy atom. The van der Waals surface area contributed by atoms with E-state index in [1.165, 1.54) is 24.4 Å². The number of hydrogen-bond donors (Lipinski definition) is 1. The van der Waals surface area contributed by atoms with E-state index in [9.17, 15) is 9.18 Å². The number of halogens is 2. The van der Waals surface area contributed by atoms with Crippen molar-refractivity contribution in [3.63, 3.8) is 0 Å². The summed E-state index contributed by atoms with van der Waals surface area (Å²) in [6.07, 6.45) is 1.25. The summed E-state index contributed by atoms with van der Waals surface area (Å²) in [5, 5.41) is 9.12. The monoisotopic (exact) mass is 294 g/mol. The van der Waals surface area contributed by atoms with Crippen LogP contribution < -0.4 is 4.90 Å². The number of hydrogen-bond acceptors (Lipinski definition) is 3. The van der Waals surface area contributed by atoms with Gasteiger partial charge in [0.15, 0.2) is 5.82 Å². The van der Waals surface area contributed by atoms with E-state index in [4.69, 9.17) is 16.7 Å². The van der Waals surface area contributed by atoms with Gasteiger partial charge in [0, 0.05) is 18.4 Å². The van der Waals surface area contributed by atoms with Crippen molar-refractivity contribution < 1.29 is 14.3 Å². The van der Waals surface area contributed by atoms with E-state index in [0.717, 1.165) is 5.69 Å². The van der Waals surface area contributed by atoms with Crippen molar-refractivity contribution in [1.82, 2.24) is 4.98 Å². The molecule has 104 valence electrons. The van der Waals surface area contributed by atoms with Crippen LogP contribution in [0.5, 0.6) is 0 Å². The summed E-state index contributed by atoms with van der Waals surface area (Å²) in [5.41, 5.74) is 0.750. The highest BCUT2D eigenvalue weighted by Crippen LogP contribution is 2.30. The van der Waals surface area contributed by atoms with Crippen LogP contribution in [0.25, 0.3) is 0 Å². The molecule has 2 rings (SSSR count). The number of aromatic nitrogens is 1. The van der Waals surface area contributed by atoms with Gasteiger partial charge in [-0.3, -0.25) is 0 Å². The minimum atomic E-state index is -1.09. The van der Waals surface area contributed by atoms with Gasteiger partial charge in [0.2, 0.25) is 0 Å². The Morgan fingerprint density at radius 3 is 2.55 bits per heavy atom. The van der Waals surface area contributed by atoms with Gasteiger partial charge in [-0.2, -0.15) is 0 Å². The topological polar surface area (TPSA) is 53.4 Å². The van der Waals surface area contributed by atoms with E-state index in [1.807, 2.05) is 6.92 Å². The molecule has 0 saturated heterocycles. The number of carbonyl (C=O) groups is 1. The summed E-state index contributed by atoms with van der Waals surface area (Å²) >= 11 is 6.09. The molecule has 0 aliphatic rings. The molecular formula is C14H12ClFN2O2. The minimum Gasteiger partial charge on any atom is -0.478 e. The van der Waals surface area contributed by atoms with Gasteiger partial charge in [-0.05, 0) is 37.3 Å². The van der Waals surface area contributed by atoms with E-state index in [1.54, 1.807) is 17.0 Å². The van der Waals surface area contributed by atoms with Crippen LogP contribution in [-0.2, 0) is 0 Å². The normalized spacial score (nSPS) is 10.3. The average molecular weight is 295 g/mol. The van der Waals surface area contributed by atoms with Crippen LogP contribution in [0, 0.1) is 5.82 Å². The highest BCUT2D eigenvalue weighted by atomic mass is 35.5. The molecule has 0 atom stereocenters. The van der Waals surface area contributed by atoms with Crippen molar-refractivity contribution in [3.05, 3.63) is 52.9 Å². The fourth-order valence-electron chi connectivity index (χ4n) is 1.82. The molecule has 0 fully saturated rings. The van der Waals surface area contributed by atoms with Crippen molar-refractivity contribution in [3.8, 4) is 0 Å². The number of benzene rings is 1. The Labute approximate surface area is 120 Å². The van der Waals surface area contributed by atoms with Crippen molar-refractivity contribution in [2.75, 3.05) is 11.4 Å². The van der Waals surface area contributed by atoms with Gasteiger partial charge in [-0.1, -0.05) is 11.6 Å². The molecule has 0 saturated carbocycles. The quantitative estimate of drug-likeness (QED) is 0.933. The molecular weight excluding hydrogens is 283 g/mol. The summed E-state index contributed by atoms with van der Waals surface area (Å²) < 4.78 is 13.0. The van der Waals surface area contributed by atoms with Crippen LogP contribution in [0.3, 0.4) is 0 Å². The second-order valence-electron chi connectivity index (χ2n) is 4.06.